The molecule has 1 unspecified atom stereocenters. The van der Waals surface area contributed by atoms with Crippen molar-refractivity contribution in [2.75, 3.05) is 18.0 Å². The highest BCUT2D eigenvalue weighted by Crippen LogP contribution is 2.30. The number of carbonyl (C=O) groups is 1. The van der Waals surface area contributed by atoms with Gasteiger partial charge in [0.1, 0.15) is 6.20 Å². The van der Waals surface area contributed by atoms with E-state index < -0.39 is 10.9 Å². The fourth-order valence-electron chi connectivity index (χ4n) is 2.49. The lowest BCUT2D eigenvalue weighted by Gasteiger charge is -2.31. The molecule has 1 atom stereocenters. The summed E-state index contributed by atoms with van der Waals surface area (Å²) in [6.07, 6.45) is 3.13. The van der Waals surface area contributed by atoms with Crippen LogP contribution in [0.1, 0.15) is 19.3 Å². The van der Waals surface area contributed by atoms with Gasteiger partial charge in [0.15, 0.2) is 0 Å². The van der Waals surface area contributed by atoms with Gasteiger partial charge >= 0.3 is 11.7 Å². The van der Waals surface area contributed by atoms with Gasteiger partial charge < -0.3 is 10.0 Å². The monoisotopic (exact) mass is 268 g/mol. The Labute approximate surface area is 109 Å². The van der Waals surface area contributed by atoms with Crippen molar-refractivity contribution in [3.05, 3.63) is 16.3 Å². The molecule has 1 saturated heterocycles. The number of nitrogens with zero attached hydrogens (tertiary/aromatic N) is 4. The fraction of sp³-hybridized carbons (Fsp3) is 0.636. The van der Waals surface area contributed by atoms with E-state index in [2.05, 4.69) is 5.10 Å². The van der Waals surface area contributed by atoms with E-state index >= 15 is 0 Å². The molecule has 2 rings (SSSR count). The predicted molar refractivity (Wildman–Crippen MR) is 67.1 cm³/mol. The van der Waals surface area contributed by atoms with Crippen molar-refractivity contribution >= 4 is 17.5 Å². The zero-order chi connectivity index (χ0) is 14.0. The number of aromatic nitrogens is 2. The summed E-state index contributed by atoms with van der Waals surface area (Å²) in [5, 5.41) is 23.9. The standard InChI is InChI=1S/C11H16N4O4/c1-13-7-9(15(18)19)11(12-13)14-4-2-3-8(6-14)5-10(16)17/h7-8H,2-6H2,1H3,(H,16,17). The second-order valence-corrected chi connectivity index (χ2v) is 4.82. The zero-order valence-corrected chi connectivity index (χ0v) is 10.7. The van der Waals surface area contributed by atoms with Gasteiger partial charge in [0, 0.05) is 26.6 Å². The van der Waals surface area contributed by atoms with Crippen molar-refractivity contribution in [3.8, 4) is 0 Å². The molecule has 1 fully saturated rings. The third-order valence-electron chi connectivity index (χ3n) is 3.27. The maximum absolute atomic E-state index is 11.0. The Balaban J connectivity index is 2.17. The minimum Gasteiger partial charge on any atom is -0.481 e. The van der Waals surface area contributed by atoms with E-state index in [1.54, 1.807) is 7.05 Å². The molecule has 19 heavy (non-hydrogen) atoms. The van der Waals surface area contributed by atoms with E-state index in [9.17, 15) is 14.9 Å². The molecule has 104 valence electrons. The molecule has 0 bridgehead atoms. The Kier molecular flexibility index (Phi) is 3.68. The predicted octanol–water partition coefficient (Wildman–Crippen LogP) is 1.02. The van der Waals surface area contributed by atoms with Crippen molar-refractivity contribution in [1.82, 2.24) is 9.78 Å². The second kappa shape index (κ2) is 5.25. The van der Waals surface area contributed by atoms with Crippen molar-refractivity contribution < 1.29 is 14.8 Å². The van der Waals surface area contributed by atoms with Crippen molar-refractivity contribution in [1.29, 1.82) is 0 Å². The maximum Gasteiger partial charge on any atom is 0.330 e. The van der Waals surface area contributed by atoms with Crippen LogP contribution in [0.4, 0.5) is 11.5 Å². The summed E-state index contributed by atoms with van der Waals surface area (Å²) in [7, 11) is 1.63. The number of piperidine rings is 1. The van der Waals surface area contributed by atoms with E-state index in [1.807, 2.05) is 4.90 Å². The van der Waals surface area contributed by atoms with E-state index in [0.717, 1.165) is 12.8 Å². The van der Waals surface area contributed by atoms with Crippen molar-refractivity contribution in [2.24, 2.45) is 13.0 Å². The van der Waals surface area contributed by atoms with Crippen LogP contribution in [0.15, 0.2) is 6.20 Å². The number of nitro groups is 1. The summed E-state index contributed by atoms with van der Waals surface area (Å²) in [6, 6.07) is 0. The van der Waals surface area contributed by atoms with Gasteiger partial charge in [0.25, 0.3) is 0 Å². The number of hydrogen-bond acceptors (Lipinski definition) is 5. The van der Waals surface area contributed by atoms with Gasteiger partial charge in [0.2, 0.25) is 5.82 Å². The molecular formula is C11H16N4O4. The first-order chi connectivity index (χ1) is 8.97. The molecule has 0 saturated carbocycles. The highest BCUT2D eigenvalue weighted by molar-refractivity contribution is 5.67. The minimum absolute atomic E-state index is 0.0212. The number of carboxylic acid groups (broad SMARTS) is 1. The summed E-state index contributed by atoms with van der Waals surface area (Å²) in [6.45, 7) is 1.18. The van der Waals surface area contributed by atoms with Crippen molar-refractivity contribution in [2.45, 2.75) is 19.3 Å². The Morgan fingerprint density at radius 1 is 1.68 bits per heavy atom. The van der Waals surface area contributed by atoms with Gasteiger partial charge in [-0.05, 0) is 18.8 Å². The summed E-state index contributed by atoms with van der Waals surface area (Å²) >= 11 is 0. The maximum atomic E-state index is 11.0. The number of aliphatic carboxylic acids is 1. The number of anilines is 1. The second-order valence-electron chi connectivity index (χ2n) is 4.82. The minimum atomic E-state index is -0.831. The average Bonchev–Trinajstić information content (AvgIpc) is 2.71. The van der Waals surface area contributed by atoms with Gasteiger partial charge in [-0.25, -0.2) is 0 Å². The van der Waals surface area contributed by atoms with Gasteiger partial charge in [0.05, 0.1) is 4.92 Å². The summed E-state index contributed by atoms with van der Waals surface area (Å²) < 4.78 is 1.41. The summed E-state index contributed by atoms with van der Waals surface area (Å²) in [4.78, 5) is 23.1. The van der Waals surface area contributed by atoms with Gasteiger partial charge in [-0.3, -0.25) is 19.6 Å². The largest absolute Gasteiger partial charge is 0.481 e. The lowest BCUT2D eigenvalue weighted by atomic mass is 9.95. The van der Waals surface area contributed by atoms with Crippen LogP contribution in [0, 0.1) is 16.0 Å². The summed E-state index contributed by atoms with van der Waals surface area (Å²) in [5.74, 6) is -0.474. The molecule has 0 radical (unpaired) electrons. The summed E-state index contributed by atoms with van der Waals surface area (Å²) in [5.41, 5.74) is -0.0292. The van der Waals surface area contributed by atoms with Gasteiger partial charge in [-0.2, -0.15) is 0 Å². The molecule has 1 aliphatic rings. The van der Waals surface area contributed by atoms with Crippen molar-refractivity contribution in [3.63, 3.8) is 0 Å². The van der Waals surface area contributed by atoms with E-state index in [-0.39, 0.29) is 18.0 Å². The van der Waals surface area contributed by atoms with E-state index in [4.69, 9.17) is 5.11 Å². The molecule has 8 nitrogen and oxygen atoms in total. The molecule has 2 heterocycles. The SMILES string of the molecule is Cn1cc([N+](=O)[O-])c(N2CCCC(CC(=O)O)C2)n1. The topological polar surface area (TPSA) is 102 Å². The number of hydrogen-bond donors (Lipinski definition) is 1. The molecule has 0 amide bonds. The molecule has 1 aromatic rings. The Morgan fingerprint density at radius 2 is 2.42 bits per heavy atom. The molecule has 1 aromatic heterocycles. The van der Waals surface area contributed by atoms with Crippen LogP contribution < -0.4 is 4.90 Å². The van der Waals surface area contributed by atoms with Crippen LogP contribution in [0.2, 0.25) is 0 Å². The van der Waals surface area contributed by atoms with Gasteiger partial charge in [-0.15, -0.1) is 5.10 Å². The van der Waals surface area contributed by atoms with E-state index in [0.29, 0.717) is 18.9 Å². The first-order valence-corrected chi connectivity index (χ1v) is 6.12. The molecule has 0 spiro atoms. The molecule has 8 heteroatoms. The average molecular weight is 268 g/mol. The Bertz CT molecular complexity index is 499. The number of rotatable bonds is 4. The van der Waals surface area contributed by atoms with Gasteiger partial charge in [-0.1, -0.05) is 0 Å². The van der Waals surface area contributed by atoms with E-state index in [1.165, 1.54) is 10.9 Å². The highest BCUT2D eigenvalue weighted by atomic mass is 16.6. The van der Waals surface area contributed by atoms with Crippen LogP contribution in [0.3, 0.4) is 0 Å². The fourth-order valence-corrected chi connectivity index (χ4v) is 2.49. The first-order valence-electron chi connectivity index (χ1n) is 6.12. The normalized spacial score (nSPS) is 19.4. The Morgan fingerprint density at radius 3 is 3.05 bits per heavy atom. The smallest absolute Gasteiger partial charge is 0.330 e. The van der Waals surface area contributed by atoms with Crippen LogP contribution >= 0.6 is 0 Å². The zero-order valence-electron chi connectivity index (χ0n) is 10.7. The molecule has 1 aliphatic heterocycles. The molecule has 0 aromatic carbocycles. The van der Waals surface area contributed by atoms with Crippen LogP contribution in [0.5, 0.6) is 0 Å². The highest BCUT2D eigenvalue weighted by Gasteiger charge is 2.29. The van der Waals surface area contributed by atoms with Crippen LogP contribution in [0.25, 0.3) is 0 Å². The lowest BCUT2D eigenvalue weighted by Crippen LogP contribution is -2.36. The lowest BCUT2D eigenvalue weighted by molar-refractivity contribution is -0.384. The van der Waals surface area contributed by atoms with Crippen LogP contribution in [-0.4, -0.2) is 38.9 Å². The first kappa shape index (κ1) is 13.3. The number of aryl methyl sites for hydroxylation is 1. The molecule has 1 N–H and O–H groups in total. The molecule has 0 aliphatic carbocycles. The Hall–Kier alpha value is -2.12. The third kappa shape index (κ3) is 3.01. The quantitative estimate of drug-likeness (QED) is 0.646. The number of carboxylic acids is 1. The molecular weight excluding hydrogens is 252 g/mol. The third-order valence-corrected chi connectivity index (χ3v) is 3.27. The van der Waals surface area contributed by atoms with Crippen LogP contribution in [-0.2, 0) is 11.8 Å².